The van der Waals surface area contributed by atoms with Gasteiger partial charge in [0.2, 0.25) is 0 Å². The number of halogens is 1. The number of nitrogens with one attached hydrogen (secondary N) is 1. The number of fused-ring (bicyclic) bond motifs is 1. The third-order valence-electron chi connectivity index (χ3n) is 3.62. The van der Waals surface area contributed by atoms with E-state index in [-0.39, 0.29) is 0 Å². The van der Waals surface area contributed by atoms with Gasteiger partial charge in [-0.2, -0.15) is 0 Å². The Labute approximate surface area is 139 Å². The van der Waals surface area contributed by atoms with Gasteiger partial charge in [-0.25, -0.2) is 9.97 Å². The molecule has 0 saturated heterocycles. The first-order chi connectivity index (χ1) is 11.1. The lowest BCUT2D eigenvalue weighted by Crippen LogP contribution is -2.17. The van der Waals surface area contributed by atoms with Crippen LogP contribution in [-0.4, -0.2) is 36.2 Å². The van der Waals surface area contributed by atoms with Crippen molar-refractivity contribution in [3.05, 3.63) is 41.3 Å². The van der Waals surface area contributed by atoms with Gasteiger partial charge >= 0.3 is 0 Å². The second-order valence-corrected chi connectivity index (χ2v) is 5.50. The highest BCUT2D eigenvalue weighted by atomic mass is 35.5. The first-order valence-corrected chi connectivity index (χ1v) is 7.42. The number of nitrogens with zero attached hydrogens (tertiary/aromatic N) is 3. The van der Waals surface area contributed by atoms with Crippen molar-refractivity contribution in [1.82, 2.24) is 15.0 Å². The number of benzene rings is 1. The van der Waals surface area contributed by atoms with Crippen molar-refractivity contribution in [1.29, 1.82) is 0 Å². The molecular weight excluding hydrogens is 316 g/mol. The van der Waals surface area contributed by atoms with E-state index in [9.17, 15) is 0 Å². The van der Waals surface area contributed by atoms with Gasteiger partial charge in [0.05, 0.1) is 26.2 Å². The average molecular weight is 333 g/mol. The quantitative estimate of drug-likeness (QED) is 0.726. The molecule has 3 rings (SSSR count). The number of hydrogen-bond acceptors (Lipinski definition) is 5. The van der Waals surface area contributed by atoms with Gasteiger partial charge < -0.3 is 19.4 Å². The van der Waals surface area contributed by atoms with Crippen molar-refractivity contribution in [3.63, 3.8) is 0 Å². The lowest BCUT2D eigenvalue weighted by atomic mass is 10.2. The van der Waals surface area contributed by atoms with Crippen molar-refractivity contribution < 1.29 is 9.47 Å². The topological polar surface area (TPSA) is 63.3 Å². The molecule has 7 heteroatoms. The number of pyridine rings is 1. The maximum absolute atomic E-state index is 6.09. The highest BCUT2D eigenvalue weighted by Crippen LogP contribution is 2.30. The molecule has 6 nitrogen and oxygen atoms in total. The second-order valence-electron chi connectivity index (χ2n) is 5.11. The molecular formula is C16H17ClN4O2. The van der Waals surface area contributed by atoms with Gasteiger partial charge in [-0.1, -0.05) is 17.7 Å². The van der Waals surface area contributed by atoms with Crippen LogP contribution in [0.2, 0.25) is 5.15 Å². The van der Waals surface area contributed by atoms with Crippen LogP contribution in [0.25, 0.3) is 11.2 Å². The Hall–Kier alpha value is -2.47. The zero-order valence-electron chi connectivity index (χ0n) is 13.1. The Balaban J connectivity index is 1.91. The summed E-state index contributed by atoms with van der Waals surface area (Å²) in [5.41, 5.74) is 3.49. The van der Waals surface area contributed by atoms with Crippen LogP contribution in [0.5, 0.6) is 11.5 Å². The molecule has 0 aliphatic heterocycles. The zero-order valence-corrected chi connectivity index (χ0v) is 13.9. The van der Waals surface area contributed by atoms with Crippen molar-refractivity contribution in [3.8, 4) is 11.5 Å². The van der Waals surface area contributed by atoms with E-state index >= 15 is 0 Å². The van der Waals surface area contributed by atoms with Gasteiger partial charge in [0.25, 0.3) is 0 Å². The number of rotatable bonds is 5. The molecule has 0 saturated carbocycles. The van der Waals surface area contributed by atoms with Gasteiger partial charge in [-0.3, -0.25) is 0 Å². The fourth-order valence-corrected chi connectivity index (χ4v) is 2.70. The Bertz CT molecular complexity index is 834. The summed E-state index contributed by atoms with van der Waals surface area (Å²) in [6.45, 7) is 0.675. The van der Waals surface area contributed by atoms with E-state index in [0.717, 1.165) is 16.8 Å². The fourth-order valence-electron chi connectivity index (χ4n) is 2.52. The molecule has 0 aliphatic rings. The number of H-pyrrole nitrogens is 1. The van der Waals surface area contributed by atoms with Crippen LogP contribution in [0.1, 0.15) is 5.56 Å². The summed E-state index contributed by atoms with van der Waals surface area (Å²) < 4.78 is 10.6. The van der Waals surface area contributed by atoms with Crippen LogP contribution in [0.15, 0.2) is 30.6 Å². The van der Waals surface area contributed by atoms with Crippen LogP contribution in [-0.2, 0) is 6.54 Å². The molecule has 23 heavy (non-hydrogen) atoms. The van der Waals surface area contributed by atoms with E-state index < -0.39 is 0 Å². The molecule has 0 spiro atoms. The first-order valence-electron chi connectivity index (χ1n) is 7.04. The predicted molar refractivity (Wildman–Crippen MR) is 90.6 cm³/mol. The van der Waals surface area contributed by atoms with Crippen molar-refractivity contribution in [2.24, 2.45) is 0 Å². The monoisotopic (exact) mass is 332 g/mol. The summed E-state index contributed by atoms with van der Waals surface area (Å²) in [5, 5.41) is 0.416. The maximum atomic E-state index is 6.09. The largest absolute Gasteiger partial charge is 0.493 e. The number of ether oxygens (including phenoxy) is 2. The molecule has 0 amide bonds. The molecule has 2 heterocycles. The molecule has 1 N–H and O–H groups in total. The molecule has 0 fully saturated rings. The predicted octanol–water partition coefficient (Wildman–Crippen LogP) is 3.26. The minimum absolute atomic E-state index is 0.416. The van der Waals surface area contributed by atoms with Gasteiger partial charge in [0.15, 0.2) is 17.1 Å². The van der Waals surface area contributed by atoms with Crippen LogP contribution in [0.3, 0.4) is 0 Å². The summed E-state index contributed by atoms with van der Waals surface area (Å²) >= 11 is 6.09. The molecule has 0 atom stereocenters. The highest BCUT2D eigenvalue weighted by Gasteiger charge is 2.13. The van der Waals surface area contributed by atoms with Gasteiger partial charge in [0.1, 0.15) is 10.7 Å². The Kier molecular flexibility index (Phi) is 4.25. The van der Waals surface area contributed by atoms with E-state index in [4.69, 9.17) is 21.1 Å². The lowest BCUT2D eigenvalue weighted by molar-refractivity contribution is 0.354. The molecule has 0 radical (unpaired) electrons. The minimum atomic E-state index is 0.416. The second kappa shape index (κ2) is 6.34. The Morgan fingerprint density at radius 1 is 1.17 bits per heavy atom. The fraction of sp³-hybridized carbons (Fsp3) is 0.250. The number of anilines is 1. The number of methoxy groups -OCH3 is 2. The van der Waals surface area contributed by atoms with Gasteiger partial charge in [0, 0.05) is 19.7 Å². The van der Waals surface area contributed by atoms with Crippen LogP contribution in [0, 0.1) is 0 Å². The SMILES string of the molecule is COc1ccc(CN(C)c2cc(Cl)nc3nc[nH]c23)cc1OC. The zero-order chi connectivity index (χ0) is 16.4. The van der Waals surface area contributed by atoms with Gasteiger partial charge in [-0.15, -0.1) is 0 Å². The average Bonchev–Trinajstić information content (AvgIpc) is 3.01. The van der Waals surface area contributed by atoms with Crippen molar-refractivity contribution in [2.45, 2.75) is 6.54 Å². The highest BCUT2D eigenvalue weighted by molar-refractivity contribution is 6.30. The molecule has 2 aromatic heterocycles. The summed E-state index contributed by atoms with van der Waals surface area (Å²) in [6.07, 6.45) is 1.61. The van der Waals surface area contributed by atoms with Crippen LogP contribution < -0.4 is 14.4 Å². The minimum Gasteiger partial charge on any atom is -0.493 e. The van der Waals surface area contributed by atoms with E-state index in [1.165, 1.54) is 0 Å². The van der Waals surface area contributed by atoms with Crippen LogP contribution >= 0.6 is 11.6 Å². The van der Waals surface area contributed by atoms with E-state index in [0.29, 0.717) is 28.8 Å². The molecule has 1 aromatic carbocycles. The van der Waals surface area contributed by atoms with Crippen molar-refractivity contribution >= 4 is 28.5 Å². The Morgan fingerprint density at radius 3 is 2.70 bits per heavy atom. The first kappa shape index (κ1) is 15.4. The van der Waals surface area contributed by atoms with E-state index in [1.54, 1.807) is 20.5 Å². The standard InChI is InChI=1S/C16H17ClN4O2/c1-21(8-10-4-5-12(22-2)13(6-10)23-3)11-7-14(17)20-16-15(11)18-9-19-16/h4-7,9H,8H2,1-3H3,(H,18,19,20). The molecule has 120 valence electrons. The number of aromatic amines is 1. The summed E-state index contributed by atoms with van der Waals surface area (Å²) in [7, 11) is 5.24. The summed E-state index contributed by atoms with van der Waals surface area (Å²) in [5.74, 6) is 1.42. The molecule has 3 aromatic rings. The Morgan fingerprint density at radius 2 is 1.96 bits per heavy atom. The maximum Gasteiger partial charge on any atom is 0.180 e. The summed E-state index contributed by atoms with van der Waals surface area (Å²) in [4.78, 5) is 13.5. The lowest BCUT2D eigenvalue weighted by Gasteiger charge is -2.20. The summed E-state index contributed by atoms with van der Waals surface area (Å²) in [6, 6.07) is 7.68. The molecule has 0 unspecified atom stereocenters. The number of hydrogen-bond donors (Lipinski definition) is 1. The van der Waals surface area contributed by atoms with Crippen LogP contribution in [0.4, 0.5) is 5.69 Å². The van der Waals surface area contributed by atoms with E-state index in [1.807, 2.05) is 31.3 Å². The molecule has 0 bridgehead atoms. The third kappa shape index (κ3) is 3.03. The van der Waals surface area contributed by atoms with Gasteiger partial charge in [-0.05, 0) is 17.7 Å². The number of imidazole rings is 1. The normalized spacial score (nSPS) is 10.8. The molecule has 0 aliphatic carbocycles. The van der Waals surface area contributed by atoms with Crippen molar-refractivity contribution in [2.75, 3.05) is 26.2 Å². The number of aromatic nitrogens is 3. The smallest absolute Gasteiger partial charge is 0.180 e. The third-order valence-corrected chi connectivity index (χ3v) is 3.82. The van der Waals surface area contributed by atoms with E-state index in [2.05, 4.69) is 19.9 Å².